The van der Waals surface area contributed by atoms with Crippen molar-refractivity contribution in [3.8, 4) is 0 Å². The van der Waals surface area contributed by atoms with Crippen LogP contribution in [0.4, 0.5) is 5.69 Å². The predicted molar refractivity (Wildman–Crippen MR) is 93.7 cm³/mol. The Balaban J connectivity index is 1.85. The highest BCUT2D eigenvalue weighted by Crippen LogP contribution is 2.30. The van der Waals surface area contributed by atoms with E-state index in [0.717, 1.165) is 17.7 Å². The lowest BCUT2D eigenvalue weighted by Crippen LogP contribution is -2.28. The van der Waals surface area contributed by atoms with Crippen molar-refractivity contribution in [1.82, 2.24) is 0 Å². The first-order chi connectivity index (χ1) is 11.5. The zero-order valence-corrected chi connectivity index (χ0v) is 14.2. The Morgan fingerprint density at radius 2 is 1.71 bits per heavy atom. The van der Waals surface area contributed by atoms with Crippen molar-refractivity contribution < 1.29 is 14.3 Å². The fraction of sp³-hybridized carbons (Fsp3) is 0.300. The van der Waals surface area contributed by atoms with E-state index in [-0.39, 0.29) is 11.9 Å². The summed E-state index contributed by atoms with van der Waals surface area (Å²) in [6, 6.07) is 13.1. The molecule has 0 aliphatic carbocycles. The number of esters is 1. The van der Waals surface area contributed by atoms with Crippen molar-refractivity contribution in [2.75, 3.05) is 18.6 Å². The van der Waals surface area contributed by atoms with Crippen LogP contribution in [0.1, 0.15) is 51.6 Å². The maximum absolute atomic E-state index is 12.8. The number of ether oxygens (including phenoxy) is 1. The Bertz CT molecular complexity index is 778. The highest BCUT2D eigenvalue weighted by Gasteiger charge is 2.26. The Morgan fingerprint density at radius 1 is 1.04 bits per heavy atom. The van der Waals surface area contributed by atoms with Crippen molar-refractivity contribution in [2.24, 2.45) is 0 Å². The molecule has 0 aromatic heterocycles. The number of carbonyl (C=O) groups excluding carboxylic acids is 2. The third-order valence-corrected chi connectivity index (χ3v) is 4.47. The van der Waals surface area contributed by atoms with Crippen LogP contribution in [0.5, 0.6) is 0 Å². The second-order valence-electron chi connectivity index (χ2n) is 6.32. The van der Waals surface area contributed by atoms with Crippen LogP contribution in [-0.2, 0) is 11.2 Å². The Kier molecular flexibility index (Phi) is 4.38. The monoisotopic (exact) mass is 323 g/mol. The average molecular weight is 323 g/mol. The summed E-state index contributed by atoms with van der Waals surface area (Å²) in [6.07, 6.45) is 0.746. The van der Waals surface area contributed by atoms with E-state index in [1.165, 1.54) is 12.7 Å². The molecule has 2 aromatic carbocycles. The highest BCUT2D eigenvalue weighted by atomic mass is 16.5. The van der Waals surface area contributed by atoms with Gasteiger partial charge in [0, 0.05) is 17.8 Å². The van der Waals surface area contributed by atoms with Gasteiger partial charge in [0.1, 0.15) is 0 Å². The van der Waals surface area contributed by atoms with Crippen LogP contribution in [0, 0.1) is 0 Å². The minimum atomic E-state index is -0.355. The molecule has 1 heterocycles. The molecule has 24 heavy (non-hydrogen) atoms. The maximum atomic E-state index is 12.8. The van der Waals surface area contributed by atoms with E-state index in [9.17, 15) is 9.59 Å². The standard InChI is InChI=1S/C20H21NO3/c1-13(2)14-4-6-15(7-5-14)19(22)21-11-10-16-12-17(20(23)24-3)8-9-18(16)21/h4-9,12-13H,10-11H2,1-3H3. The summed E-state index contributed by atoms with van der Waals surface area (Å²) in [5.74, 6) is 0.0835. The van der Waals surface area contributed by atoms with Crippen LogP contribution in [-0.4, -0.2) is 25.5 Å². The molecule has 4 nitrogen and oxygen atoms in total. The highest BCUT2D eigenvalue weighted by molar-refractivity contribution is 6.07. The van der Waals surface area contributed by atoms with Gasteiger partial charge in [-0.25, -0.2) is 4.79 Å². The fourth-order valence-corrected chi connectivity index (χ4v) is 3.02. The van der Waals surface area contributed by atoms with E-state index < -0.39 is 0 Å². The number of rotatable bonds is 3. The number of amides is 1. The van der Waals surface area contributed by atoms with E-state index in [0.29, 0.717) is 23.6 Å². The molecule has 1 aliphatic rings. The molecule has 4 heteroatoms. The lowest BCUT2D eigenvalue weighted by atomic mass is 10.0. The SMILES string of the molecule is COC(=O)c1ccc2c(c1)CCN2C(=O)c1ccc(C(C)C)cc1. The van der Waals surface area contributed by atoms with Gasteiger partial charge >= 0.3 is 5.97 Å². The molecule has 0 fully saturated rings. The van der Waals surface area contributed by atoms with Gasteiger partial charge in [0.25, 0.3) is 5.91 Å². The Morgan fingerprint density at radius 3 is 2.33 bits per heavy atom. The second kappa shape index (κ2) is 6.48. The topological polar surface area (TPSA) is 46.6 Å². The number of fused-ring (bicyclic) bond motifs is 1. The first-order valence-corrected chi connectivity index (χ1v) is 8.14. The normalized spacial score (nSPS) is 13.1. The van der Waals surface area contributed by atoms with Crippen molar-refractivity contribution >= 4 is 17.6 Å². The quantitative estimate of drug-likeness (QED) is 0.807. The predicted octanol–water partition coefficient (Wildman–Crippen LogP) is 3.80. The molecule has 124 valence electrons. The van der Waals surface area contributed by atoms with Crippen LogP contribution < -0.4 is 4.90 Å². The van der Waals surface area contributed by atoms with Gasteiger partial charge in [0.05, 0.1) is 12.7 Å². The van der Waals surface area contributed by atoms with Crippen LogP contribution in [0.2, 0.25) is 0 Å². The smallest absolute Gasteiger partial charge is 0.337 e. The third-order valence-electron chi connectivity index (χ3n) is 4.47. The number of benzene rings is 2. The first-order valence-electron chi connectivity index (χ1n) is 8.14. The number of methoxy groups -OCH3 is 1. The lowest BCUT2D eigenvalue weighted by molar-refractivity contribution is 0.0600. The molecule has 0 radical (unpaired) electrons. The molecule has 0 saturated carbocycles. The summed E-state index contributed by atoms with van der Waals surface area (Å²) >= 11 is 0. The number of anilines is 1. The third kappa shape index (κ3) is 2.92. The summed E-state index contributed by atoms with van der Waals surface area (Å²) in [5.41, 5.74) is 4.30. The molecule has 0 bridgehead atoms. The molecule has 0 unspecified atom stereocenters. The van der Waals surface area contributed by atoms with Gasteiger partial charge in [-0.2, -0.15) is 0 Å². The van der Waals surface area contributed by atoms with Gasteiger partial charge < -0.3 is 9.64 Å². The van der Waals surface area contributed by atoms with Crippen LogP contribution >= 0.6 is 0 Å². The largest absolute Gasteiger partial charge is 0.465 e. The van der Waals surface area contributed by atoms with Crippen molar-refractivity contribution in [2.45, 2.75) is 26.2 Å². The second-order valence-corrected chi connectivity index (χ2v) is 6.32. The number of hydrogen-bond acceptors (Lipinski definition) is 3. The minimum Gasteiger partial charge on any atom is -0.465 e. The van der Waals surface area contributed by atoms with Gasteiger partial charge in [0.2, 0.25) is 0 Å². The molecule has 0 atom stereocenters. The maximum Gasteiger partial charge on any atom is 0.337 e. The van der Waals surface area contributed by atoms with E-state index in [1.807, 2.05) is 36.4 Å². The zero-order chi connectivity index (χ0) is 17.3. The van der Waals surface area contributed by atoms with Crippen molar-refractivity contribution in [3.05, 3.63) is 64.7 Å². The minimum absolute atomic E-state index is 0.00475. The van der Waals surface area contributed by atoms with E-state index in [1.54, 1.807) is 11.0 Å². The summed E-state index contributed by atoms with van der Waals surface area (Å²) in [5, 5.41) is 0. The van der Waals surface area contributed by atoms with E-state index in [2.05, 4.69) is 13.8 Å². The molecular formula is C20H21NO3. The lowest BCUT2D eigenvalue weighted by Gasteiger charge is -2.18. The molecule has 3 rings (SSSR count). The number of hydrogen-bond donors (Lipinski definition) is 0. The number of carbonyl (C=O) groups is 2. The van der Waals surface area contributed by atoms with Gasteiger partial charge in [-0.1, -0.05) is 26.0 Å². The zero-order valence-electron chi connectivity index (χ0n) is 14.2. The van der Waals surface area contributed by atoms with Crippen molar-refractivity contribution in [3.63, 3.8) is 0 Å². The molecular weight excluding hydrogens is 302 g/mol. The summed E-state index contributed by atoms with van der Waals surface area (Å²) in [4.78, 5) is 26.2. The van der Waals surface area contributed by atoms with Gasteiger partial charge in [-0.05, 0) is 53.8 Å². The molecule has 0 N–H and O–H groups in total. The van der Waals surface area contributed by atoms with Gasteiger partial charge in [-0.3, -0.25) is 4.79 Å². The Labute approximate surface area is 142 Å². The van der Waals surface area contributed by atoms with Gasteiger partial charge in [0.15, 0.2) is 0 Å². The fourth-order valence-electron chi connectivity index (χ4n) is 3.02. The molecule has 0 spiro atoms. The number of nitrogens with zero attached hydrogens (tertiary/aromatic N) is 1. The Hall–Kier alpha value is -2.62. The first kappa shape index (κ1) is 16.2. The summed E-state index contributed by atoms with van der Waals surface area (Å²) in [6.45, 7) is 4.89. The van der Waals surface area contributed by atoms with Crippen LogP contribution in [0.25, 0.3) is 0 Å². The van der Waals surface area contributed by atoms with Crippen molar-refractivity contribution in [1.29, 1.82) is 0 Å². The molecule has 2 aromatic rings. The molecule has 1 aliphatic heterocycles. The summed E-state index contributed by atoms with van der Waals surface area (Å²) in [7, 11) is 1.37. The van der Waals surface area contributed by atoms with Gasteiger partial charge in [-0.15, -0.1) is 0 Å². The molecule has 0 saturated heterocycles. The summed E-state index contributed by atoms with van der Waals surface area (Å²) < 4.78 is 4.75. The van der Waals surface area contributed by atoms with E-state index in [4.69, 9.17) is 4.74 Å². The molecule has 1 amide bonds. The van der Waals surface area contributed by atoms with Crippen LogP contribution in [0.3, 0.4) is 0 Å². The van der Waals surface area contributed by atoms with E-state index >= 15 is 0 Å². The average Bonchev–Trinajstić information content (AvgIpc) is 3.03. The van der Waals surface area contributed by atoms with Crippen LogP contribution in [0.15, 0.2) is 42.5 Å².